The van der Waals surface area contributed by atoms with E-state index >= 15 is 0 Å². The van der Waals surface area contributed by atoms with Gasteiger partial charge in [-0.3, -0.25) is 14.5 Å². The van der Waals surface area contributed by atoms with Crippen LogP contribution in [0.1, 0.15) is 43.9 Å². The number of hydrogen-bond donors (Lipinski definition) is 0. The van der Waals surface area contributed by atoms with Crippen LogP contribution in [0.5, 0.6) is 0 Å². The summed E-state index contributed by atoms with van der Waals surface area (Å²) in [6, 6.07) is 6.02. The van der Waals surface area contributed by atoms with Crippen molar-refractivity contribution in [3.8, 4) is 0 Å². The highest BCUT2D eigenvalue weighted by atomic mass is 16.5. The van der Waals surface area contributed by atoms with Gasteiger partial charge in [-0.25, -0.2) is 0 Å². The molecule has 0 saturated carbocycles. The van der Waals surface area contributed by atoms with Crippen LogP contribution in [0.25, 0.3) is 5.57 Å². The van der Waals surface area contributed by atoms with Crippen LogP contribution in [-0.4, -0.2) is 53.5 Å². The highest BCUT2D eigenvalue weighted by molar-refractivity contribution is 6.35. The van der Waals surface area contributed by atoms with E-state index in [-0.39, 0.29) is 24.0 Å². The van der Waals surface area contributed by atoms with Crippen molar-refractivity contribution in [1.82, 2.24) is 9.80 Å². The van der Waals surface area contributed by atoms with Gasteiger partial charge in [0.1, 0.15) is 5.70 Å². The average molecular weight is 356 g/mol. The van der Waals surface area contributed by atoms with Crippen LogP contribution in [-0.2, 0) is 14.3 Å². The van der Waals surface area contributed by atoms with Gasteiger partial charge in [0.05, 0.1) is 17.8 Å². The Morgan fingerprint density at radius 1 is 1.08 bits per heavy atom. The van der Waals surface area contributed by atoms with Crippen molar-refractivity contribution in [2.75, 3.05) is 19.6 Å². The number of morpholine rings is 1. The van der Waals surface area contributed by atoms with E-state index < -0.39 is 0 Å². The number of amides is 2. The topological polar surface area (TPSA) is 49.9 Å². The van der Waals surface area contributed by atoms with Crippen molar-refractivity contribution in [3.05, 3.63) is 40.6 Å². The van der Waals surface area contributed by atoms with E-state index in [1.165, 1.54) is 4.90 Å². The monoisotopic (exact) mass is 356 g/mol. The lowest BCUT2D eigenvalue weighted by Gasteiger charge is -2.37. The number of benzene rings is 1. The van der Waals surface area contributed by atoms with Crippen molar-refractivity contribution in [2.24, 2.45) is 0 Å². The lowest BCUT2D eigenvalue weighted by molar-refractivity contribution is -0.138. The van der Waals surface area contributed by atoms with Crippen LogP contribution < -0.4 is 0 Å². The molecule has 5 nitrogen and oxygen atoms in total. The first kappa shape index (κ1) is 18.6. The van der Waals surface area contributed by atoms with Crippen LogP contribution >= 0.6 is 0 Å². The summed E-state index contributed by atoms with van der Waals surface area (Å²) in [4.78, 5) is 29.7. The molecule has 2 unspecified atom stereocenters. The Bertz CT molecular complexity index is 759. The van der Waals surface area contributed by atoms with Gasteiger partial charge in [0.15, 0.2) is 0 Å². The number of carbonyl (C=O) groups excluding carboxylic acids is 2. The molecular formula is C21H28N2O3. The Morgan fingerprint density at radius 3 is 2.31 bits per heavy atom. The first-order chi connectivity index (χ1) is 12.3. The number of ether oxygens (including phenoxy) is 1. The van der Waals surface area contributed by atoms with E-state index in [1.807, 2.05) is 51.7 Å². The second kappa shape index (κ2) is 7.23. The van der Waals surface area contributed by atoms with Gasteiger partial charge in [-0.1, -0.05) is 30.7 Å². The lowest BCUT2D eigenvalue weighted by atomic mass is 9.97. The number of nitrogens with zero attached hydrogens (tertiary/aromatic N) is 2. The molecule has 3 rings (SSSR count). The summed E-state index contributed by atoms with van der Waals surface area (Å²) in [5.41, 5.74) is 4.10. The van der Waals surface area contributed by atoms with Gasteiger partial charge in [-0.05, 0) is 45.2 Å². The Labute approximate surface area is 155 Å². The Balaban J connectivity index is 2.13. The van der Waals surface area contributed by atoms with Crippen molar-refractivity contribution in [1.29, 1.82) is 0 Å². The lowest BCUT2D eigenvalue weighted by Crippen LogP contribution is -2.47. The molecule has 2 aliphatic rings. The molecule has 2 atom stereocenters. The summed E-state index contributed by atoms with van der Waals surface area (Å²) in [7, 11) is 0. The van der Waals surface area contributed by atoms with Crippen LogP contribution in [0, 0.1) is 13.8 Å². The van der Waals surface area contributed by atoms with E-state index in [4.69, 9.17) is 4.74 Å². The minimum Gasteiger partial charge on any atom is -0.372 e. The van der Waals surface area contributed by atoms with E-state index in [1.54, 1.807) is 0 Å². The summed E-state index contributed by atoms with van der Waals surface area (Å²) in [5.74, 6) is -0.348. The Hall–Kier alpha value is -2.14. The number of rotatable bonds is 4. The highest BCUT2D eigenvalue weighted by Crippen LogP contribution is 2.34. The van der Waals surface area contributed by atoms with Gasteiger partial charge in [0.2, 0.25) is 0 Å². The maximum atomic E-state index is 13.1. The summed E-state index contributed by atoms with van der Waals surface area (Å²) in [6.07, 6.45) is 0.797. The van der Waals surface area contributed by atoms with E-state index in [2.05, 4.69) is 6.07 Å². The molecule has 1 fully saturated rings. The van der Waals surface area contributed by atoms with Gasteiger partial charge in [0, 0.05) is 19.6 Å². The maximum Gasteiger partial charge on any atom is 0.277 e. The molecule has 2 amide bonds. The first-order valence-electron chi connectivity index (χ1n) is 9.42. The Kier molecular flexibility index (Phi) is 5.19. The third-order valence-corrected chi connectivity index (χ3v) is 4.98. The molecule has 1 aromatic carbocycles. The third-order valence-electron chi connectivity index (χ3n) is 4.98. The normalized spacial score (nSPS) is 24.0. The molecule has 1 aromatic rings. The molecule has 0 aromatic heterocycles. The summed E-state index contributed by atoms with van der Waals surface area (Å²) < 4.78 is 5.82. The summed E-state index contributed by atoms with van der Waals surface area (Å²) in [6.45, 7) is 11.7. The molecule has 1 saturated heterocycles. The van der Waals surface area contributed by atoms with Crippen molar-refractivity contribution in [3.63, 3.8) is 0 Å². The molecule has 0 radical (unpaired) electrons. The second-order valence-electron chi connectivity index (χ2n) is 7.47. The van der Waals surface area contributed by atoms with Gasteiger partial charge >= 0.3 is 0 Å². The second-order valence-corrected chi connectivity index (χ2v) is 7.47. The van der Waals surface area contributed by atoms with Gasteiger partial charge in [0.25, 0.3) is 11.8 Å². The molecular weight excluding hydrogens is 328 g/mol. The van der Waals surface area contributed by atoms with Crippen molar-refractivity contribution < 1.29 is 14.3 Å². The number of carbonyl (C=O) groups is 2. The zero-order valence-electron chi connectivity index (χ0n) is 16.3. The van der Waals surface area contributed by atoms with Crippen molar-refractivity contribution in [2.45, 2.75) is 53.2 Å². The summed E-state index contributed by atoms with van der Waals surface area (Å²) in [5, 5.41) is 0. The van der Waals surface area contributed by atoms with Gasteiger partial charge in [-0.15, -0.1) is 0 Å². The molecule has 0 aliphatic carbocycles. The average Bonchev–Trinajstić information content (AvgIpc) is 2.79. The van der Waals surface area contributed by atoms with Gasteiger partial charge in [-0.2, -0.15) is 0 Å². The van der Waals surface area contributed by atoms with Gasteiger partial charge < -0.3 is 9.64 Å². The predicted octanol–water partition coefficient (Wildman–Crippen LogP) is 2.90. The van der Waals surface area contributed by atoms with Crippen LogP contribution in [0.2, 0.25) is 0 Å². The van der Waals surface area contributed by atoms with Crippen molar-refractivity contribution >= 4 is 17.4 Å². The molecule has 0 N–H and O–H groups in total. The number of imide groups is 1. The van der Waals surface area contributed by atoms with E-state index in [0.29, 0.717) is 30.9 Å². The Morgan fingerprint density at radius 2 is 1.73 bits per heavy atom. The minimum atomic E-state index is -0.175. The zero-order chi connectivity index (χ0) is 19.0. The van der Waals surface area contributed by atoms with E-state index in [0.717, 1.165) is 23.1 Å². The third kappa shape index (κ3) is 3.28. The number of hydrogen-bond acceptors (Lipinski definition) is 4. The number of aryl methyl sites for hydroxylation is 2. The molecule has 0 bridgehead atoms. The molecule has 2 heterocycles. The maximum absolute atomic E-state index is 13.1. The SMILES string of the molecule is CCCN1C(=O)C(c2ccc(C)cc2C)=C(N2CC(C)OC(C)C2)C1=O. The van der Waals surface area contributed by atoms with Crippen LogP contribution in [0.15, 0.2) is 23.9 Å². The molecule has 2 aliphatic heterocycles. The molecule has 0 spiro atoms. The molecule has 5 heteroatoms. The minimum absolute atomic E-state index is 0.0229. The molecule has 26 heavy (non-hydrogen) atoms. The van der Waals surface area contributed by atoms with E-state index in [9.17, 15) is 9.59 Å². The predicted molar refractivity (Wildman–Crippen MR) is 101 cm³/mol. The summed E-state index contributed by atoms with van der Waals surface area (Å²) >= 11 is 0. The van der Waals surface area contributed by atoms with Crippen LogP contribution in [0.4, 0.5) is 0 Å². The highest BCUT2D eigenvalue weighted by Gasteiger charge is 2.42. The quantitative estimate of drug-likeness (QED) is 0.779. The standard InChI is InChI=1S/C21H28N2O3/c1-6-9-23-20(24)18(17-8-7-13(2)10-14(17)3)19(21(23)25)22-11-15(4)26-16(5)12-22/h7-8,10,15-16H,6,9,11-12H2,1-5H3. The van der Waals surface area contributed by atoms with Crippen LogP contribution in [0.3, 0.4) is 0 Å². The fourth-order valence-electron chi connectivity index (χ4n) is 3.98. The molecule has 140 valence electrons. The fraction of sp³-hybridized carbons (Fsp3) is 0.524. The smallest absolute Gasteiger partial charge is 0.277 e. The fourth-order valence-corrected chi connectivity index (χ4v) is 3.98. The zero-order valence-corrected chi connectivity index (χ0v) is 16.3. The first-order valence-corrected chi connectivity index (χ1v) is 9.42. The largest absolute Gasteiger partial charge is 0.372 e.